The molecule has 0 radical (unpaired) electrons. The Morgan fingerprint density at radius 2 is 0.400 bits per heavy atom. The second kappa shape index (κ2) is 28.0. The highest BCUT2D eigenvalue weighted by molar-refractivity contribution is 7.01. The molecule has 0 unspecified atom stereocenters. The molecule has 0 saturated carbocycles. The maximum atomic E-state index is 6.00. The summed E-state index contributed by atoms with van der Waals surface area (Å²) in [5, 5.41) is 9.26. The first-order chi connectivity index (χ1) is 56.9. The van der Waals surface area contributed by atoms with Crippen molar-refractivity contribution >= 4 is 100 Å². The van der Waals surface area contributed by atoms with Crippen LogP contribution in [-0.2, 0) is 0 Å². The van der Waals surface area contributed by atoms with E-state index in [0.717, 1.165) is 178 Å². The molecule has 1 aromatic heterocycles. The molecule has 5 nitrogen and oxygen atoms in total. The summed E-state index contributed by atoms with van der Waals surface area (Å²) in [6.45, 7) is -0.307. The van der Waals surface area contributed by atoms with Crippen LogP contribution in [0.5, 0.6) is 0 Å². The van der Waals surface area contributed by atoms with Crippen molar-refractivity contribution in [2.45, 2.75) is 0 Å². The van der Waals surface area contributed by atoms with Gasteiger partial charge in [0, 0.05) is 61.6 Å². The Morgan fingerprint density at radius 1 is 0.174 bits per heavy atom. The van der Waals surface area contributed by atoms with Gasteiger partial charge in [-0.05, 0) is 247 Å². The van der Waals surface area contributed by atoms with Crippen molar-refractivity contribution in [1.29, 1.82) is 0 Å². The van der Waals surface area contributed by atoms with E-state index in [1.54, 1.807) is 0 Å². The van der Waals surface area contributed by atoms with Crippen molar-refractivity contribution in [3.63, 3.8) is 0 Å². The van der Waals surface area contributed by atoms with Crippen LogP contribution in [0.4, 0.5) is 34.1 Å². The minimum atomic E-state index is -0.307. The van der Waals surface area contributed by atoms with Crippen LogP contribution < -0.4 is 26.2 Å². The minimum Gasteiger partial charge on any atom is -0.311 e. The molecule has 0 aliphatic carbocycles. The summed E-state index contributed by atoms with van der Waals surface area (Å²) in [5.41, 5.74) is 29.7. The smallest absolute Gasteiger partial charge is 0.252 e. The average Bonchev–Trinajstić information content (AvgIpc) is 0.682. The first-order valence-electron chi connectivity index (χ1n) is 39.5. The summed E-state index contributed by atoms with van der Waals surface area (Å²) in [7, 11) is 0. The van der Waals surface area contributed by atoms with E-state index in [1.807, 2.05) is 0 Å². The van der Waals surface area contributed by atoms with E-state index in [2.05, 4.69) is 434 Å². The molecule has 534 valence electrons. The normalized spacial score (nSPS) is 12.1. The van der Waals surface area contributed by atoms with Crippen molar-refractivity contribution < 1.29 is 0 Å². The molecular formula is C109H70BN5. The van der Waals surface area contributed by atoms with Crippen molar-refractivity contribution in [1.82, 2.24) is 15.0 Å². The summed E-state index contributed by atoms with van der Waals surface area (Å²) < 4.78 is 0. The molecule has 0 N–H and O–H groups in total. The Hall–Kier alpha value is -15.1. The zero-order valence-corrected chi connectivity index (χ0v) is 62.7. The zero-order valence-electron chi connectivity index (χ0n) is 62.7. The molecule has 0 spiro atoms. The molecule has 6 heteroatoms. The number of benzene rings is 19. The van der Waals surface area contributed by atoms with Gasteiger partial charge in [-0.15, -0.1) is 0 Å². The van der Waals surface area contributed by atoms with E-state index in [0.29, 0.717) is 17.5 Å². The number of hydrogen-bond acceptors (Lipinski definition) is 5. The SMILES string of the molecule is c1ccc(-c2cc(-c3ccccc3)cc(-c3nc(-c4cc(-c5ccccc5)cc(-c5ccccc5)c4)nc(-c4cc5c6c(c4)N(c4cc(-c7ccccc7)cc(-c7ccccc7)c4)c4c(ccc7cc8ccccc8cc47)B6c4ccc6cc7ccccc7cc6c4N5c4cc(-c5ccccc5)cc(-c5ccccc5)c4)n3)c2)cc1. The van der Waals surface area contributed by atoms with Crippen molar-refractivity contribution in [3.8, 4) is 123 Å². The van der Waals surface area contributed by atoms with Gasteiger partial charge in [0.05, 0.1) is 0 Å². The van der Waals surface area contributed by atoms with E-state index in [-0.39, 0.29) is 6.71 Å². The van der Waals surface area contributed by atoms with Gasteiger partial charge in [-0.3, -0.25) is 0 Å². The Labute approximate surface area is 668 Å². The van der Waals surface area contributed by atoms with E-state index in [9.17, 15) is 0 Å². The second-order valence-corrected chi connectivity index (χ2v) is 30.2. The van der Waals surface area contributed by atoms with Crippen LogP contribution in [0, 0.1) is 0 Å². The van der Waals surface area contributed by atoms with Crippen LogP contribution in [0.2, 0.25) is 0 Å². The highest BCUT2D eigenvalue weighted by Gasteiger charge is 2.46. The Bertz CT molecular complexity index is 6530. The van der Waals surface area contributed by atoms with Crippen LogP contribution in [0.1, 0.15) is 0 Å². The van der Waals surface area contributed by atoms with Crippen molar-refractivity contribution in [2.75, 3.05) is 9.80 Å². The van der Waals surface area contributed by atoms with Gasteiger partial charge in [0.15, 0.2) is 17.5 Å². The number of aromatic nitrogens is 3. The van der Waals surface area contributed by atoms with Crippen LogP contribution >= 0.6 is 0 Å². The van der Waals surface area contributed by atoms with Gasteiger partial charge < -0.3 is 9.80 Å². The third-order valence-corrected chi connectivity index (χ3v) is 23.2. The van der Waals surface area contributed by atoms with E-state index in [4.69, 9.17) is 15.0 Å². The first-order valence-corrected chi connectivity index (χ1v) is 39.5. The molecule has 0 amide bonds. The number of anilines is 6. The van der Waals surface area contributed by atoms with Gasteiger partial charge in [0.25, 0.3) is 6.71 Å². The molecule has 0 atom stereocenters. The van der Waals surface area contributed by atoms with Crippen LogP contribution in [0.15, 0.2) is 425 Å². The molecule has 115 heavy (non-hydrogen) atoms. The molecule has 3 heterocycles. The number of nitrogens with zero attached hydrogens (tertiary/aromatic N) is 5. The Kier molecular flexibility index (Phi) is 16.3. The summed E-state index contributed by atoms with van der Waals surface area (Å²) in [5.74, 6) is 1.59. The van der Waals surface area contributed by atoms with E-state index in [1.165, 1.54) is 21.7 Å². The maximum Gasteiger partial charge on any atom is 0.252 e. The molecular weight excluding hydrogens is 1390 g/mol. The lowest BCUT2D eigenvalue weighted by atomic mass is 9.33. The highest BCUT2D eigenvalue weighted by atomic mass is 15.2. The molecule has 19 aromatic carbocycles. The van der Waals surface area contributed by atoms with Crippen molar-refractivity contribution in [2.24, 2.45) is 0 Å². The largest absolute Gasteiger partial charge is 0.311 e. The van der Waals surface area contributed by atoms with E-state index < -0.39 is 0 Å². The lowest BCUT2D eigenvalue weighted by Crippen LogP contribution is -2.61. The third kappa shape index (κ3) is 12.1. The lowest BCUT2D eigenvalue weighted by Gasteiger charge is -2.45. The number of rotatable bonds is 13. The fraction of sp³-hybridized carbons (Fsp3) is 0. The molecule has 0 fully saturated rings. The summed E-state index contributed by atoms with van der Waals surface area (Å²) in [4.78, 5) is 23.0. The second-order valence-electron chi connectivity index (χ2n) is 30.2. The van der Waals surface area contributed by atoms with Gasteiger partial charge in [0.2, 0.25) is 0 Å². The topological polar surface area (TPSA) is 45.2 Å². The fourth-order valence-corrected chi connectivity index (χ4v) is 17.8. The predicted octanol–water partition coefficient (Wildman–Crippen LogP) is 26.9. The molecule has 0 bridgehead atoms. The van der Waals surface area contributed by atoms with E-state index >= 15 is 0 Å². The first kappa shape index (κ1) is 66.8. The minimum absolute atomic E-state index is 0.307. The van der Waals surface area contributed by atoms with Gasteiger partial charge >= 0.3 is 0 Å². The highest BCUT2D eigenvalue weighted by Crippen LogP contribution is 2.52. The molecule has 22 rings (SSSR count). The number of fused-ring (bicyclic) bond motifs is 10. The zero-order chi connectivity index (χ0) is 75.9. The standard InChI is InChI=1S/C109H70BN5/c1-9-29-71(30-10-1)85-55-86(72-31-11-2-12-32-72)60-93(59-85)107-111-108(94-61-87(73-33-13-3-14-34-73)56-88(62-94)74-35-15-4-16-36-74)113-109(112-107)95-69-102-104-103(70-95)115(97-65-91(77-41-21-7-22-42-77)58-92(66-97)78-43-23-8-24-44-78)106-99-68-82-48-28-26-46-80(82)54-84(99)50-52-101(106)110(104)100-51-49-83-53-79-45-25-27-47-81(79)67-98(83)105(100)114(102)96-63-89(75-37-17-5-18-38-75)57-90(64-96)76-39-19-6-20-40-76/h1-70H. The molecule has 20 aromatic rings. The number of hydrogen-bond donors (Lipinski definition) is 0. The molecule has 2 aliphatic rings. The summed E-state index contributed by atoms with van der Waals surface area (Å²) in [6, 6.07) is 156. The van der Waals surface area contributed by atoms with Crippen LogP contribution in [0.25, 0.3) is 166 Å². The fourth-order valence-electron chi connectivity index (χ4n) is 17.8. The van der Waals surface area contributed by atoms with Gasteiger partial charge in [0.1, 0.15) is 0 Å². The Balaban J connectivity index is 0.910. The van der Waals surface area contributed by atoms with Crippen LogP contribution in [-0.4, -0.2) is 21.7 Å². The predicted molar refractivity (Wildman–Crippen MR) is 484 cm³/mol. The summed E-state index contributed by atoms with van der Waals surface area (Å²) >= 11 is 0. The van der Waals surface area contributed by atoms with Gasteiger partial charge in [-0.1, -0.05) is 315 Å². The maximum absolute atomic E-state index is 6.00. The molecule has 0 saturated heterocycles. The average molecular weight is 1460 g/mol. The quantitative estimate of drug-likeness (QED) is 0.0850. The van der Waals surface area contributed by atoms with Crippen LogP contribution in [0.3, 0.4) is 0 Å². The summed E-state index contributed by atoms with van der Waals surface area (Å²) in [6.07, 6.45) is 0. The van der Waals surface area contributed by atoms with Crippen molar-refractivity contribution in [3.05, 3.63) is 425 Å². The lowest BCUT2D eigenvalue weighted by molar-refractivity contribution is 1.07. The monoisotopic (exact) mass is 1460 g/mol. The van der Waals surface area contributed by atoms with Gasteiger partial charge in [-0.2, -0.15) is 0 Å². The van der Waals surface area contributed by atoms with Gasteiger partial charge in [-0.25, -0.2) is 15.0 Å². The molecule has 2 aliphatic heterocycles. The third-order valence-electron chi connectivity index (χ3n) is 23.2. The Morgan fingerprint density at radius 3 is 0.670 bits per heavy atom.